The number of nitrogens with one attached hydrogen (secondary N) is 1. The van der Waals surface area contributed by atoms with Crippen molar-refractivity contribution in [2.75, 3.05) is 5.32 Å². The minimum atomic E-state index is 0.563. The van der Waals surface area contributed by atoms with Gasteiger partial charge in [0.25, 0.3) is 0 Å². The second-order valence-electron chi connectivity index (χ2n) is 3.74. The van der Waals surface area contributed by atoms with Crippen LogP contribution in [0.5, 0.6) is 0 Å². The Hall–Kier alpha value is -1.58. The van der Waals surface area contributed by atoms with E-state index in [-0.39, 0.29) is 0 Å². The van der Waals surface area contributed by atoms with Gasteiger partial charge < -0.3 is 11.1 Å². The molecule has 17 heavy (non-hydrogen) atoms. The number of halogens is 1. The number of aromatic nitrogens is 1. The van der Waals surface area contributed by atoms with Crippen molar-refractivity contribution in [2.24, 2.45) is 5.73 Å². The van der Waals surface area contributed by atoms with Gasteiger partial charge in [-0.3, -0.25) is 0 Å². The van der Waals surface area contributed by atoms with Gasteiger partial charge in [0.1, 0.15) is 5.82 Å². The van der Waals surface area contributed by atoms with Crippen molar-refractivity contribution in [2.45, 2.75) is 13.1 Å². The molecule has 0 aliphatic rings. The molecule has 2 aromatic rings. The van der Waals surface area contributed by atoms with Crippen LogP contribution in [0, 0.1) is 0 Å². The fraction of sp³-hybridized carbons (Fsp3) is 0.154. The highest BCUT2D eigenvalue weighted by Gasteiger charge is 1.96. The van der Waals surface area contributed by atoms with Crippen LogP contribution in [0.15, 0.2) is 42.6 Å². The van der Waals surface area contributed by atoms with E-state index in [1.165, 1.54) is 5.56 Å². The molecule has 1 aromatic carbocycles. The summed E-state index contributed by atoms with van der Waals surface area (Å²) in [7, 11) is 0. The van der Waals surface area contributed by atoms with Crippen molar-refractivity contribution in [1.29, 1.82) is 0 Å². The van der Waals surface area contributed by atoms with Gasteiger partial charge >= 0.3 is 0 Å². The lowest BCUT2D eigenvalue weighted by Gasteiger charge is -2.06. The van der Waals surface area contributed by atoms with Gasteiger partial charge in [-0.25, -0.2) is 4.98 Å². The molecule has 0 unspecified atom stereocenters. The SMILES string of the molecule is NCc1cccc(CNc2ccc(Cl)cn2)c1. The van der Waals surface area contributed by atoms with Gasteiger partial charge in [0.05, 0.1) is 5.02 Å². The van der Waals surface area contributed by atoms with Gasteiger partial charge in [0.15, 0.2) is 0 Å². The number of rotatable bonds is 4. The van der Waals surface area contributed by atoms with Gasteiger partial charge in [-0.1, -0.05) is 35.9 Å². The number of nitrogens with zero attached hydrogens (tertiary/aromatic N) is 1. The van der Waals surface area contributed by atoms with Crippen LogP contribution < -0.4 is 11.1 Å². The zero-order chi connectivity index (χ0) is 12.1. The van der Waals surface area contributed by atoms with E-state index in [2.05, 4.69) is 22.4 Å². The van der Waals surface area contributed by atoms with E-state index in [1.54, 1.807) is 6.20 Å². The molecule has 0 aliphatic heterocycles. The monoisotopic (exact) mass is 247 g/mol. The van der Waals surface area contributed by atoms with Crippen LogP contribution in [0.2, 0.25) is 5.02 Å². The van der Waals surface area contributed by atoms with Crippen molar-refractivity contribution >= 4 is 17.4 Å². The van der Waals surface area contributed by atoms with Crippen LogP contribution in [-0.4, -0.2) is 4.98 Å². The Labute approximate surface area is 106 Å². The summed E-state index contributed by atoms with van der Waals surface area (Å²) >= 11 is 5.76. The smallest absolute Gasteiger partial charge is 0.126 e. The molecule has 0 saturated carbocycles. The molecule has 0 saturated heterocycles. The van der Waals surface area contributed by atoms with E-state index in [4.69, 9.17) is 17.3 Å². The normalized spacial score (nSPS) is 10.2. The minimum Gasteiger partial charge on any atom is -0.366 e. The zero-order valence-electron chi connectivity index (χ0n) is 9.36. The number of benzene rings is 1. The Bertz CT molecular complexity index is 482. The first kappa shape index (κ1) is 11.9. The van der Waals surface area contributed by atoms with Gasteiger partial charge in [0, 0.05) is 19.3 Å². The van der Waals surface area contributed by atoms with Gasteiger partial charge in [-0.05, 0) is 23.3 Å². The van der Waals surface area contributed by atoms with Crippen LogP contribution >= 0.6 is 11.6 Å². The molecular formula is C13H14ClN3. The summed E-state index contributed by atoms with van der Waals surface area (Å²) in [6.45, 7) is 1.29. The standard InChI is InChI=1S/C13H14ClN3/c14-12-4-5-13(17-9-12)16-8-11-3-1-2-10(6-11)7-15/h1-6,9H,7-8,15H2,(H,16,17). The summed E-state index contributed by atoms with van der Waals surface area (Å²) in [5.74, 6) is 0.813. The average Bonchev–Trinajstić information content (AvgIpc) is 2.38. The number of anilines is 1. The quantitative estimate of drug-likeness (QED) is 0.874. The Kier molecular flexibility index (Phi) is 3.96. The molecule has 0 radical (unpaired) electrons. The Balaban J connectivity index is 1.99. The van der Waals surface area contributed by atoms with Crippen molar-refractivity contribution in [3.8, 4) is 0 Å². The van der Waals surface area contributed by atoms with E-state index < -0.39 is 0 Å². The maximum Gasteiger partial charge on any atom is 0.126 e. The van der Waals surface area contributed by atoms with Gasteiger partial charge in [0.2, 0.25) is 0 Å². The summed E-state index contributed by atoms with van der Waals surface area (Å²) in [5.41, 5.74) is 7.91. The van der Waals surface area contributed by atoms with Crippen molar-refractivity contribution in [3.05, 3.63) is 58.7 Å². The second-order valence-corrected chi connectivity index (χ2v) is 4.18. The van der Waals surface area contributed by atoms with E-state index in [9.17, 15) is 0 Å². The maximum atomic E-state index is 5.76. The van der Waals surface area contributed by atoms with Crippen molar-refractivity contribution in [1.82, 2.24) is 4.98 Å². The molecule has 1 aromatic heterocycles. The molecule has 0 atom stereocenters. The molecule has 0 bridgehead atoms. The van der Waals surface area contributed by atoms with E-state index in [1.807, 2.05) is 24.3 Å². The van der Waals surface area contributed by atoms with Gasteiger partial charge in [-0.2, -0.15) is 0 Å². The number of pyridine rings is 1. The molecule has 0 fully saturated rings. The molecule has 0 aliphatic carbocycles. The molecule has 1 heterocycles. The number of nitrogens with two attached hydrogens (primary N) is 1. The van der Waals surface area contributed by atoms with Crippen molar-refractivity contribution < 1.29 is 0 Å². The summed E-state index contributed by atoms with van der Waals surface area (Å²) in [4.78, 5) is 4.17. The highest BCUT2D eigenvalue weighted by Crippen LogP contribution is 2.11. The third-order valence-electron chi connectivity index (χ3n) is 2.43. The largest absolute Gasteiger partial charge is 0.366 e. The minimum absolute atomic E-state index is 0.563. The number of hydrogen-bond donors (Lipinski definition) is 2. The lowest BCUT2D eigenvalue weighted by atomic mass is 10.1. The lowest BCUT2D eigenvalue weighted by Crippen LogP contribution is -2.02. The predicted molar refractivity (Wildman–Crippen MR) is 70.9 cm³/mol. The second kappa shape index (κ2) is 5.66. The fourth-order valence-corrected chi connectivity index (χ4v) is 1.65. The summed E-state index contributed by atoms with van der Waals surface area (Å²) in [5, 5.41) is 3.87. The van der Waals surface area contributed by atoms with Crippen molar-refractivity contribution in [3.63, 3.8) is 0 Å². The van der Waals surface area contributed by atoms with Gasteiger partial charge in [-0.15, -0.1) is 0 Å². The third kappa shape index (κ3) is 3.44. The van der Waals surface area contributed by atoms with E-state index in [0.717, 1.165) is 17.9 Å². The lowest BCUT2D eigenvalue weighted by molar-refractivity contribution is 1.04. The van der Waals surface area contributed by atoms with E-state index in [0.29, 0.717) is 11.6 Å². The van der Waals surface area contributed by atoms with Crippen LogP contribution in [0.3, 0.4) is 0 Å². The Morgan fingerprint density at radius 1 is 1.18 bits per heavy atom. The first-order valence-corrected chi connectivity index (χ1v) is 5.79. The Morgan fingerprint density at radius 2 is 2.00 bits per heavy atom. The van der Waals surface area contributed by atoms with Crippen LogP contribution in [-0.2, 0) is 13.1 Å². The molecule has 3 nitrogen and oxygen atoms in total. The van der Waals surface area contributed by atoms with Crippen LogP contribution in [0.25, 0.3) is 0 Å². The molecule has 2 rings (SSSR count). The highest BCUT2D eigenvalue weighted by molar-refractivity contribution is 6.30. The summed E-state index contributed by atoms with van der Waals surface area (Å²) in [6.07, 6.45) is 1.63. The zero-order valence-corrected chi connectivity index (χ0v) is 10.1. The molecular weight excluding hydrogens is 234 g/mol. The third-order valence-corrected chi connectivity index (χ3v) is 2.65. The van der Waals surface area contributed by atoms with E-state index >= 15 is 0 Å². The average molecular weight is 248 g/mol. The maximum absolute atomic E-state index is 5.76. The molecule has 3 N–H and O–H groups in total. The molecule has 88 valence electrons. The number of hydrogen-bond acceptors (Lipinski definition) is 3. The highest BCUT2D eigenvalue weighted by atomic mass is 35.5. The molecule has 4 heteroatoms. The summed E-state index contributed by atoms with van der Waals surface area (Å²) in [6, 6.07) is 11.8. The predicted octanol–water partition coefficient (Wildman–Crippen LogP) is 2.81. The first-order valence-electron chi connectivity index (χ1n) is 5.41. The molecule has 0 spiro atoms. The first-order chi connectivity index (χ1) is 8.28. The molecule has 0 amide bonds. The Morgan fingerprint density at radius 3 is 2.71 bits per heavy atom. The van der Waals surface area contributed by atoms with Crippen LogP contribution in [0.4, 0.5) is 5.82 Å². The summed E-state index contributed by atoms with van der Waals surface area (Å²) < 4.78 is 0. The fourth-order valence-electron chi connectivity index (χ4n) is 1.54. The van der Waals surface area contributed by atoms with Crippen LogP contribution in [0.1, 0.15) is 11.1 Å². The topological polar surface area (TPSA) is 50.9 Å².